The molecule has 1 rings (SSSR count). The van der Waals surface area contributed by atoms with Gasteiger partial charge in [-0.3, -0.25) is 0 Å². The van der Waals surface area contributed by atoms with Crippen molar-refractivity contribution in [2.24, 2.45) is 5.92 Å². The van der Waals surface area contributed by atoms with E-state index < -0.39 is 10.0 Å². The molecule has 5 heteroatoms. The van der Waals surface area contributed by atoms with Crippen molar-refractivity contribution in [2.45, 2.75) is 38.6 Å². The van der Waals surface area contributed by atoms with Gasteiger partial charge in [0.1, 0.15) is 0 Å². The fourth-order valence-electron chi connectivity index (χ4n) is 1.89. The van der Waals surface area contributed by atoms with Crippen molar-refractivity contribution in [3.8, 4) is 0 Å². The molecule has 0 bridgehead atoms. The second kappa shape index (κ2) is 7.76. The standard InChI is InChI=1S/C15H26N2O2S/c1-5-16-12-14-8-6-7-9-15(14)20(18,19)17(4)11-10-13(2)3/h6-9,13,16H,5,10-12H2,1-4H3. The second-order valence-corrected chi connectivity index (χ2v) is 7.41. The van der Waals surface area contributed by atoms with E-state index in [2.05, 4.69) is 19.2 Å². The number of hydrogen-bond acceptors (Lipinski definition) is 3. The summed E-state index contributed by atoms with van der Waals surface area (Å²) in [6.45, 7) is 8.14. The van der Waals surface area contributed by atoms with Gasteiger partial charge < -0.3 is 5.32 Å². The van der Waals surface area contributed by atoms with E-state index in [0.717, 1.165) is 18.5 Å². The molecule has 1 aromatic carbocycles. The maximum absolute atomic E-state index is 12.6. The summed E-state index contributed by atoms with van der Waals surface area (Å²) in [5.41, 5.74) is 0.825. The van der Waals surface area contributed by atoms with Gasteiger partial charge in [-0.15, -0.1) is 0 Å². The molecule has 1 N–H and O–H groups in total. The van der Waals surface area contributed by atoms with E-state index in [-0.39, 0.29) is 0 Å². The van der Waals surface area contributed by atoms with Crippen LogP contribution < -0.4 is 5.32 Å². The lowest BCUT2D eigenvalue weighted by Gasteiger charge is -2.20. The first-order chi connectivity index (χ1) is 9.39. The van der Waals surface area contributed by atoms with Gasteiger partial charge in [-0.1, -0.05) is 39.0 Å². The Morgan fingerprint density at radius 1 is 1.25 bits per heavy atom. The highest BCUT2D eigenvalue weighted by molar-refractivity contribution is 7.89. The number of hydrogen-bond donors (Lipinski definition) is 1. The van der Waals surface area contributed by atoms with E-state index in [1.807, 2.05) is 19.1 Å². The fourth-order valence-corrected chi connectivity index (χ4v) is 3.29. The second-order valence-electron chi connectivity index (χ2n) is 5.40. The molecule has 0 heterocycles. The molecular formula is C15H26N2O2S. The Balaban J connectivity index is 2.96. The molecule has 20 heavy (non-hydrogen) atoms. The predicted octanol–water partition coefficient (Wildman–Crippen LogP) is 2.46. The molecule has 0 amide bonds. The minimum absolute atomic E-state index is 0.409. The zero-order chi connectivity index (χ0) is 15.2. The molecule has 0 aliphatic carbocycles. The third kappa shape index (κ3) is 4.58. The molecule has 0 aromatic heterocycles. The molecule has 0 saturated heterocycles. The van der Waals surface area contributed by atoms with Crippen LogP contribution in [0, 0.1) is 5.92 Å². The summed E-state index contributed by atoms with van der Waals surface area (Å²) < 4.78 is 26.7. The molecule has 1 aromatic rings. The first-order valence-electron chi connectivity index (χ1n) is 7.14. The molecular weight excluding hydrogens is 272 g/mol. The van der Waals surface area contributed by atoms with Crippen LogP contribution in [-0.4, -0.2) is 32.9 Å². The van der Waals surface area contributed by atoms with Crippen LogP contribution in [0.5, 0.6) is 0 Å². The van der Waals surface area contributed by atoms with Crippen LogP contribution in [0.1, 0.15) is 32.8 Å². The van der Waals surface area contributed by atoms with Gasteiger partial charge in [0.15, 0.2) is 0 Å². The van der Waals surface area contributed by atoms with Crippen LogP contribution in [0.15, 0.2) is 29.2 Å². The van der Waals surface area contributed by atoms with Crippen molar-refractivity contribution >= 4 is 10.0 Å². The molecule has 4 nitrogen and oxygen atoms in total. The van der Waals surface area contributed by atoms with Gasteiger partial charge in [-0.25, -0.2) is 12.7 Å². The Kier molecular flexibility index (Phi) is 6.65. The highest BCUT2D eigenvalue weighted by Gasteiger charge is 2.23. The minimum Gasteiger partial charge on any atom is -0.313 e. The van der Waals surface area contributed by atoms with Gasteiger partial charge in [-0.05, 0) is 30.5 Å². The van der Waals surface area contributed by atoms with Gasteiger partial charge in [0.2, 0.25) is 10.0 Å². The van der Waals surface area contributed by atoms with Gasteiger partial charge in [0.25, 0.3) is 0 Å². The lowest BCUT2D eigenvalue weighted by molar-refractivity contribution is 0.427. The normalized spacial score (nSPS) is 12.3. The summed E-state index contributed by atoms with van der Waals surface area (Å²) in [7, 11) is -1.75. The molecule has 0 spiro atoms. The SMILES string of the molecule is CCNCc1ccccc1S(=O)(=O)N(C)CCC(C)C. The van der Waals surface area contributed by atoms with E-state index in [4.69, 9.17) is 0 Å². The van der Waals surface area contributed by atoms with Gasteiger partial charge in [0, 0.05) is 20.1 Å². The summed E-state index contributed by atoms with van der Waals surface area (Å²) in [4.78, 5) is 0.409. The van der Waals surface area contributed by atoms with Gasteiger partial charge in [-0.2, -0.15) is 0 Å². The lowest BCUT2D eigenvalue weighted by Crippen LogP contribution is -2.30. The van der Waals surface area contributed by atoms with Crippen LogP contribution in [0.4, 0.5) is 0 Å². The minimum atomic E-state index is -3.40. The molecule has 0 aliphatic heterocycles. The van der Waals surface area contributed by atoms with E-state index >= 15 is 0 Å². The van der Waals surface area contributed by atoms with E-state index in [1.54, 1.807) is 19.2 Å². The average Bonchev–Trinajstić information content (AvgIpc) is 2.42. The quantitative estimate of drug-likeness (QED) is 0.802. The van der Waals surface area contributed by atoms with Crippen molar-refractivity contribution in [1.29, 1.82) is 0 Å². The highest BCUT2D eigenvalue weighted by Crippen LogP contribution is 2.20. The van der Waals surface area contributed by atoms with Crippen molar-refractivity contribution < 1.29 is 8.42 Å². The van der Waals surface area contributed by atoms with Crippen LogP contribution in [-0.2, 0) is 16.6 Å². The summed E-state index contributed by atoms with van der Waals surface area (Å²) in [6, 6.07) is 7.21. The Morgan fingerprint density at radius 2 is 1.90 bits per heavy atom. The molecule has 0 unspecified atom stereocenters. The van der Waals surface area contributed by atoms with Crippen LogP contribution >= 0.6 is 0 Å². The molecule has 114 valence electrons. The maximum atomic E-state index is 12.6. The van der Waals surface area contributed by atoms with Gasteiger partial charge >= 0.3 is 0 Å². The lowest BCUT2D eigenvalue weighted by atomic mass is 10.1. The van der Waals surface area contributed by atoms with Crippen LogP contribution in [0.25, 0.3) is 0 Å². The van der Waals surface area contributed by atoms with Crippen molar-refractivity contribution in [3.63, 3.8) is 0 Å². The molecule has 0 fully saturated rings. The summed E-state index contributed by atoms with van der Waals surface area (Å²) in [5, 5.41) is 3.18. The largest absolute Gasteiger partial charge is 0.313 e. The maximum Gasteiger partial charge on any atom is 0.243 e. The summed E-state index contributed by atoms with van der Waals surface area (Å²) in [6.07, 6.45) is 0.866. The first-order valence-corrected chi connectivity index (χ1v) is 8.58. The zero-order valence-electron chi connectivity index (χ0n) is 12.9. The third-order valence-electron chi connectivity index (χ3n) is 3.25. The van der Waals surface area contributed by atoms with E-state index in [1.165, 1.54) is 4.31 Å². The fraction of sp³-hybridized carbons (Fsp3) is 0.600. The Morgan fingerprint density at radius 3 is 2.50 bits per heavy atom. The summed E-state index contributed by atoms with van der Waals surface area (Å²) in [5.74, 6) is 0.490. The third-order valence-corrected chi connectivity index (χ3v) is 5.20. The van der Waals surface area contributed by atoms with Crippen molar-refractivity contribution in [1.82, 2.24) is 9.62 Å². The Labute approximate surface area is 123 Å². The van der Waals surface area contributed by atoms with E-state index in [0.29, 0.717) is 23.9 Å². The Hall–Kier alpha value is -0.910. The number of nitrogens with zero attached hydrogens (tertiary/aromatic N) is 1. The average molecular weight is 298 g/mol. The summed E-state index contributed by atoms with van der Waals surface area (Å²) >= 11 is 0. The van der Waals surface area contributed by atoms with Crippen molar-refractivity contribution in [2.75, 3.05) is 20.1 Å². The number of rotatable bonds is 8. The molecule has 0 aliphatic rings. The first kappa shape index (κ1) is 17.1. The van der Waals surface area contributed by atoms with Crippen LogP contribution in [0.3, 0.4) is 0 Å². The number of nitrogens with one attached hydrogen (secondary N) is 1. The number of benzene rings is 1. The van der Waals surface area contributed by atoms with Crippen molar-refractivity contribution in [3.05, 3.63) is 29.8 Å². The van der Waals surface area contributed by atoms with Gasteiger partial charge in [0.05, 0.1) is 4.90 Å². The molecule has 0 atom stereocenters. The predicted molar refractivity (Wildman–Crippen MR) is 83.1 cm³/mol. The molecule has 0 radical (unpaired) electrons. The van der Waals surface area contributed by atoms with E-state index in [9.17, 15) is 8.42 Å². The zero-order valence-corrected chi connectivity index (χ0v) is 13.7. The highest BCUT2D eigenvalue weighted by atomic mass is 32.2. The van der Waals surface area contributed by atoms with Crippen LogP contribution in [0.2, 0.25) is 0 Å². The topological polar surface area (TPSA) is 49.4 Å². The monoisotopic (exact) mass is 298 g/mol. The number of sulfonamides is 1. The Bertz CT molecular complexity index is 512. The smallest absolute Gasteiger partial charge is 0.243 e. The molecule has 0 saturated carbocycles.